The zero-order valence-electron chi connectivity index (χ0n) is 13.7. The SMILES string of the molecule is CC(C)Sc1cccc(-c2nnc(NC(=O)c3cccc(Br)c3)o2)c1. The predicted molar refractivity (Wildman–Crippen MR) is 103 cm³/mol. The van der Waals surface area contributed by atoms with Crippen LogP contribution in [0.1, 0.15) is 24.2 Å². The first-order chi connectivity index (χ1) is 12.0. The van der Waals surface area contributed by atoms with Crippen molar-refractivity contribution in [1.29, 1.82) is 0 Å². The molecule has 0 atom stereocenters. The maximum absolute atomic E-state index is 12.2. The van der Waals surface area contributed by atoms with Crippen LogP contribution >= 0.6 is 27.7 Å². The summed E-state index contributed by atoms with van der Waals surface area (Å²) in [7, 11) is 0. The van der Waals surface area contributed by atoms with E-state index in [0.29, 0.717) is 16.7 Å². The van der Waals surface area contributed by atoms with Crippen LogP contribution in [-0.2, 0) is 0 Å². The van der Waals surface area contributed by atoms with Gasteiger partial charge < -0.3 is 4.42 Å². The number of rotatable bonds is 5. The van der Waals surface area contributed by atoms with Crippen LogP contribution in [0.2, 0.25) is 0 Å². The highest BCUT2D eigenvalue weighted by Crippen LogP contribution is 2.28. The molecule has 5 nitrogen and oxygen atoms in total. The average Bonchev–Trinajstić information content (AvgIpc) is 3.03. The molecule has 0 bridgehead atoms. The van der Waals surface area contributed by atoms with Crippen molar-refractivity contribution in [2.24, 2.45) is 0 Å². The topological polar surface area (TPSA) is 68.0 Å². The second-order valence-electron chi connectivity index (χ2n) is 5.57. The molecule has 0 aliphatic carbocycles. The van der Waals surface area contributed by atoms with E-state index in [2.05, 4.69) is 45.3 Å². The lowest BCUT2D eigenvalue weighted by Gasteiger charge is -2.05. The summed E-state index contributed by atoms with van der Waals surface area (Å²) in [6.07, 6.45) is 0. The third-order valence-electron chi connectivity index (χ3n) is 3.19. The Labute approximate surface area is 158 Å². The molecule has 128 valence electrons. The average molecular weight is 418 g/mol. The molecule has 1 N–H and O–H groups in total. The quantitative estimate of drug-likeness (QED) is 0.573. The Kier molecular flexibility index (Phi) is 5.55. The van der Waals surface area contributed by atoms with E-state index >= 15 is 0 Å². The minimum Gasteiger partial charge on any atom is -0.403 e. The second kappa shape index (κ2) is 7.84. The Balaban J connectivity index is 1.75. The van der Waals surface area contributed by atoms with Gasteiger partial charge in [-0.05, 0) is 36.4 Å². The van der Waals surface area contributed by atoms with Gasteiger partial charge >= 0.3 is 6.01 Å². The van der Waals surface area contributed by atoms with Gasteiger partial charge in [-0.25, -0.2) is 0 Å². The van der Waals surface area contributed by atoms with E-state index < -0.39 is 0 Å². The Hall–Kier alpha value is -2.12. The van der Waals surface area contributed by atoms with E-state index in [1.165, 1.54) is 0 Å². The summed E-state index contributed by atoms with van der Waals surface area (Å²) >= 11 is 5.10. The molecule has 0 unspecified atom stereocenters. The van der Waals surface area contributed by atoms with Gasteiger partial charge in [-0.3, -0.25) is 10.1 Å². The third kappa shape index (κ3) is 4.70. The van der Waals surface area contributed by atoms with E-state index in [4.69, 9.17) is 4.42 Å². The highest BCUT2D eigenvalue weighted by molar-refractivity contribution is 9.10. The van der Waals surface area contributed by atoms with Crippen molar-refractivity contribution in [3.05, 3.63) is 58.6 Å². The zero-order valence-corrected chi connectivity index (χ0v) is 16.1. The number of hydrogen-bond acceptors (Lipinski definition) is 5. The molecule has 25 heavy (non-hydrogen) atoms. The van der Waals surface area contributed by atoms with Gasteiger partial charge in [-0.15, -0.1) is 16.9 Å². The van der Waals surface area contributed by atoms with Gasteiger partial charge in [0.2, 0.25) is 5.89 Å². The molecule has 0 aliphatic heterocycles. The number of anilines is 1. The van der Waals surface area contributed by atoms with Crippen molar-refractivity contribution >= 4 is 39.6 Å². The standard InChI is InChI=1S/C18H16BrN3O2S/c1-11(2)25-15-8-4-6-13(10-15)17-21-22-18(24-17)20-16(23)12-5-3-7-14(19)9-12/h3-11H,1-2H3,(H,20,22,23). The van der Waals surface area contributed by atoms with Gasteiger partial charge in [-0.2, -0.15) is 0 Å². The molecule has 0 radical (unpaired) electrons. The number of carbonyl (C=O) groups is 1. The number of benzene rings is 2. The molecule has 0 saturated heterocycles. The van der Waals surface area contributed by atoms with Crippen LogP contribution in [0.3, 0.4) is 0 Å². The number of amides is 1. The number of aromatic nitrogens is 2. The predicted octanol–water partition coefficient (Wildman–Crippen LogP) is 5.25. The first-order valence-corrected chi connectivity index (χ1v) is 9.36. The fraction of sp³-hybridized carbons (Fsp3) is 0.167. The molecule has 3 aromatic rings. The Morgan fingerprint density at radius 1 is 1.16 bits per heavy atom. The maximum atomic E-state index is 12.2. The van der Waals surface area contributed by atoms with Gasteiger partial charge in [0.05, 0.1) is 0 Å². The zero-order chi connectivity index (χ0) is 17.8. The van der Waals surface area contributed by atoms with Crippen LogP contribution < -0.4 is 5.32 Å². The van der Waals surface area contributed by atoms with Gasteiger partial charge in [0, 0.05) is 25.7 Å². The number of carbonyl (C=O) groups excluding carboxylic acids is 1. The molecular formula is C18H16BrN3O2S. The molecule has 0 spiro atoms. The fourth-order valence-electron chi connectivity index (χ4n) is 2.16. The van der Waals surface area contributed by atoms with Crippen molar-refractivity contribution in [2.45, 2.75) is 24.0 Å². The van der Waals surface area contributed by atoms with E-state index in [9.17, 15) is 4.79 Å². The van der Waals surface area contributed by atoms with Crippen molar-refractivity contribution in [1.82, 2.24) is 10.2 Å². The molecule has 0 fully saturated rings. The van der Waals surface area contributed by atoms with E-state index in [0.717, 1.165) is 14.9 Å². The van der Waals surface area contributed by atoms with Crippen molar-refractivity contribution in [3.8, 4) is 11.5 Å². The Bertz CT molecular complexity index is 895. The maximum Gasteiger partial charge on any atom is 0.322 e. The van der Waals surface area contributed by atoms with Crippen molar-refractivity contribution in [3.63, 3.8) is 0 Å². The number of halogens is 1. The van der Waals surface area contributed by atoms with E-state index in [1.54, 1.807) is 30.0 Å². The summed E-state index contributed by atoms with van der Waals surface area (Å²) in [6.45, 7) is 4.28. The molecule has 3 rings (SSSR count). The molecule has 0 saturated carbocycles. The number of thioether (sulfide) groups is 1. The number of hydrogen-bond donors (Lipinski definition) is 1. The monoisotopic (exact) mass is 417 g/mol. The summed E-state index contributed by atoms with van der Waals surface area (Å²) in [5, 5.41) is 11.0. The fourth-order valence-corrected chi connectivity index (χ4v) is 3.46. The summed E-state index contributed by atoms with van der Waals surface area (Å²) in [4.78, 5) is 13.4. The summed E-state index contributed by atoms with van der Waals surface area (Å²) in [6, 6.07) is 15.0. The number of nitrogens with zero attached hydrogens (tertiary/aromatic N) is 2. The van der Waals surface area contributed by atoms with Crippen LogP contribution in [-0.4, -0.2) is 21.4 Å². The minimum absolute atomic E-state index is 0.0712. The first-order valence-electron chi connectivity index (χ1n) is 7.69. The molecular weight excluding hydrogens is 402 g/mol. The Morgan fingerprint density at radius 2 is 1.96 bits per heavy atom. The van der Waals surface area contributed by atoms with Gasteiger partial charge in [0.1, 0.15) is 0 Å². The summed E-state index contributed by atoms with van der Waals surface area (Å²) in [5.74, 6) is 0.0661. The summed E-state index contributed by atoms with van der Waals surface area (Å²) in [5.41, 5.74) is 1.32. The smallest absolute Gasteiger partial charge is 0.322 e. The van der Waals surface area contributed by atoms with Crippen LogP contribution in [0.15, 0.2) is 62.3 Å². The van der Waals surface area contributed by atoms with Crippen LogP contribution in [0.5, 0.6) is 0 Å². The summed E-state index contributed by atoms with van der Waals surface area (Å²) < 4.78 is 6.40. The molecule has 1 amide bonds. The van der Waals surface area contributed by atoms with Crippen LogP contribution in [0.25, 0.3) is 11.5 Å². The lowest BCUT2D eigenvalue weighted by molar-refractivity contribution is 0.102. The van der Waals surface area contributed by atoms with E-state index in [-0.39, 0.29) is 11.9 Å². The highest BCUT2D eigenvalue weighted by atomic mass is 79.9. The van der Waals surface area contributed by atoms with E-state index in [1.807, 2.05) is 30.3 Å². The third-order valence-corrected chi connectivity index (χ3v) is 4.68. The highest BCUT2D eigenvalue weighted by Gasteiger charge is 2.13. The van der Waals surface area contributed by atoms with Crippen LogP contribution in [0.4, 0.5) is 6.01 Å². The van der Waals surface area contributed by atoms with Crippen molar-refractivity contribution < 1.29 is 9.21 Å². The van der Waals surface area contributed by atoms with Gasteiger partial charge in [-0.1, -0.05) is 47.0 Å². The first kappa shape index (κ1) is 17.7. The molecule has 0 aliphatic rings. The lowest BCUT2D eigenvalue weighted by atomic mass is 10.2. The van der Waals surface area contributed by atoms with Crippen molar-refractivity contribution in [2.75, 3.05) is 5.32 Å². The largest absolute Gasteiger partial charge is 0.403 e. The minimum atomic E-state index is -0.305. The lowest BCUT2D eigenvalue weighted by Crippen LogP contribution is -2.11. The normalized spacial score (nSPS) is 10.9. The number of nitrogens with one attached hydrogen (secondary N) is 1. The second-order valence-corrected chi connectivity index (χ2v) is 8.14. The van der Waals surface area contributed by atoms with Gasteiger partial charge in [0.25, 0.3) is 5.91 Å². The Morgan fingerprint density at radius 3 is 2.72 bits per heavy atom. The molecule has 2 aromatic carbocycles. The molecule has 1 heterocycles. The van der Waals surface area contributed by atoms with Gasteiger partial charge in [0.15, 0.2) is 0 Å². The van der Waals surface area contributed by atoms with Crippen LogP contribution in [0, 0.1) is 0 Å². The molecule has 7 heteroatoms. The molecule has 1 aromatic heterocycles.